The van der Waals surface area contributed by atoms with E-state index in [4.69, 9.17) is 31.8 Å². The highest BCUT2D eigenvalue weighted by Crippen LogP contribution is 2.29. The van der Waals surface area contributed by atoms with Crippen LogP contribution in [0.5, 0.6) is 0 Å². The number of aromatic nitrogens is 4. The van der Waals surface area contributed by atoms with Crippen LogP contribution in [0.15, 0.2) is 26.8 Å². The molecule has 4 rings (SSSR count). The zero-order chi connectivity index (χ0) is 29.0. The van der Waals surface area contributed by atoms with Crippen molar-refractivity contribution in [3.05, 3.63) is 54.8 Å². The highest BCUT2D eigenvalue weighted by Gasteiger charge is 2.44. The van der Waals surface area contributed by atoms with Gasteiger partial charge in [0.25, 0.3) is 5.56 Å². The molecule has 210 valence electrons. The van der Waals surface area contributed by atoms with Crippen molar-refractivity contribution in [3.63, 3.8) is 0 Å². The Kier molecular flexibility index (Phi) is 9.41. The predicted molar refractivity (Wildman–Crippen MR) is 131 cm³/mol. The molecular formula is C23H27N5O11. The second kappa shape index (κ2) is 12.3. The van der Waals surface area contributed by atoms with E-state index in [-0.39, 0.29) is 16.9 Å². The van der Waals surface area contributed by atoms with E-state index in [2.05, 4.69) is 27.7 Å². The lowest BCUT2D eigenvalue weighted by molar-refractivity contribution is -0.0550. The summed E-state index contributed by atoms with van der Waals surface area (Å²) in [5.41, 5.74) is 3.43. The molecule has 0 spiro atoms. The largest absolute Gasteiger partial charge is 0.394 e. The average Bonchev–Trinajstić information content (AvgIpc) is 3.36. The number of nitrogens with one attached hydrogen (secondary N) is 1. The molecule has 0 amide bonds. The number of H-pyrrole nitrogens is 1. The summed E-state index contributed by atoms with van der Waals surface area (Å²) in [5.74, 6) is 7.18. The number of aromatic amines is 1. The number of ether oxygens (including phenoxy) is 2. The number of rotatable bonds is 4. The van der Waals surface area contributed by atoms with E-state index in [1.807, 2.05) is 0 Å². The summed E-state index contributed by atoms with van der Waals surface area (Å²) in [7, 11) is 0. The third-order valence-electron chi connectivity index (χ3n) is 5.95. The van der Waals surface area contributed by atoms with Crippen molar-refractivity contribution in [2.24, 2.45) is 0 Å². The van der Waals surface area contributed by atoms with Crippen molar-refractivity contribution < 1.29 is 40.1 Å². The van der Waals surface area contributed by atoms with Crippen LogP contribution >= 0.6 is 0 Å². The normalized spacial score (nSPS) is 29.6. The number of aliphatic hydroxyl groups excluding tert-OH is 6. The van der Waals surface area contributed by atoms with Crippen molar-refractivity contribution in [2.75, 3.05) is 18.9 Å². The molecule has 39 heavy (non-hydrogen) atoms. The first kappa shape index (κ1) is 29.7. The SMILES string of the molecule is C#Cc1cn([C@@H]2O[C@H](CO)[C@@H](O)[C@@H]2O)c(=O)nc1N.CC#Cc1cn([C@@H]2O[C@H](CO)[C@@H](O)[C@@H]2O)c(=O)[nH]c1=O. The maximum absolute atomic E-state index is 11.8. The van der Waals surface area contributed by atoms with E-state index in [0.29, 0.717) is 0 Å². The number of nitrogens with zero attached hydrogens (tertiary/aromatic N) is 3. The molecule has 4 heterocycles. The van der Waals surface area contributed by atoms with E-state index in [1.54, 1.807) is 0 Å². The molecule has 2 aromatic rings. The van der Waals surface area contributed by atoms with E-state index in [1.165, 1.54) is 13.1 Å². The minimum absolute atomic E-state index is 0.0323. The Balaban J connectivity index is 0.000000216. The Hall–Kier alpha value is -3.84. The van der Waals surface area contributed by atoms with Crippen LogP contribution in [0.3, 0.4) is 0 Å². The summed E-state index contributed by atoms with van der Waals surface area (Å²) in [4.78, 5) is 40.5. The van der Waals surface area contributed by atoms with E-state index >= 15 is 0 Å². The molecule has 16 nitrogen and oxygen atoms in total. The van der Waals surface area contributed by atoms with Crippen LogP contribution in [0.4, 0.5) is 5.82 Å². The molecule has 0 bridgehead atoms. The molecule has 0 unspecified atom stereocenters. The van der Waals surface area contributed by atoms with Gasteiger partial charge in [-0.05, 0) is 6.92 Å². The van der Waals surface area contributed by atoms with Crippen LogP contribution < -0.4 is 22.7 Å². The molecule has 2 aromatic heterocycles. The van der Waals surface area contributed by atoms with E-state index < -0.39 is 79.2 Å². The molecule has 0 saturated carbocycles. The Labute approximate surface area is 219 Å². The molecule has 8 atom stereocenters. The van der Waals surface area contributed by atoms with Crippen molar-refractivity contribution >= 4 is 5.82 Å². The maximum atomic E-state index is 11.8. The zero-order valence-electron chi connectivity index (χ0n) is 20.4. The van der Waals surface area contributed by atoms with Gasteiger partial charge in [0.15, 0.2) is 12.5 Å². The van der Waals surface area contributed by atoms with Crippen molar-refractivity contribution in [2.45, 2.75) is 56.0 Å². The first-order valence-corrected chi connectivity index (χ1v) is 11.4. The highest BCUT2D eigenvalue weighted by atomic mass is 16.6. The molecule has 0 aliphatic carbocycles. The van der Waals surface area contributed by atoms with Gasteiger partial charge in [-0.3, -0.25) is 18.9 Å². The van der Waals surface area contributed by atoms with Crippen LogP contribution in [-0.4, -0.2) is 99.6 Å². The van der Waals surface area contributed by atoms with Gasteiger partial charge < -0.3 is 45.8 Å². The summed E-state index contributed by atoms with van der Waals surface area (Å²) >= 11 is 0. The predicted octanol–water partition coefficient (Wildman–Crippen LogP) is -5.06. The Morgan fingerprint density at radius 3 is 1.92 bits per heavy atom. The van der Waals surface area contributed by atoms with Gasteiger partial charge in [0.05, 0.1) is 18.8 Å². The van der Waals surface area contributed by atoms with Gasteiger partial charge >= 0.3 is 11.4 Å². The molecule has 16 heteroatoms. The quantitative estimate of drug-likeness (QED) is 0.166. The van der Waals surface area contributed by atoms with Gasteiger partial charge in [-0.1, -0.05) is 11.8 Å². The van der Waals surface area contributed by atoms with Crippen LogP contribution in [0.1, 0.15) is 30.5 Å². The smallest absolute Gasteiger partial charge is 0.351 e. The van der Waals surface area contributed by atoms with Gasteiger partial charge in [0.2, 0.25) is 0 Å². The number of anilines is 1. The molecular weight excluding hydrogens is 522 g/mol. The van der Waals surface area contributed by atoms with Crippen LogP contribution in [0.25, 0.3) is 0 Å². The fraction of sp³-hybridized carbons (Fsp3) is 0.478. The van der Waals surface area contributed by atoms with Crippen molar-refractivity contribution in [3.8, 4) is 24.2 Å². The second-order valence-electron chi connectivity index (χ2n) is 8.42. The average molecular weight is 549 g/mol. The molecule has 9 N–H and O–H groups in total. The Morgan fingerprint density at radius 1 is 0.949 bits per heavy atom. The van der Waals surface area contributed by atoms with Crippen molar-refractivity contribution in [1.29, 1.82) is 0 Å². The third kappa shape index (κ3) is 5.93. The summed E-state index contributed by atoms with van der Waals surface area (Å²) in [5, 5.41) is 56.9. The Morgan fingerprint density at radius 2 is 1.46 bits per heavy atom. The van der Waals surface area contributed by atoms with Gasteiger partial charge in [-0.15, -0.1) is 12.3 Å². The molecule has 2 aliphatic rings. The molecule has 0 radical (unpaired) electrons. The summed E-state index contributed by atoms with van der Waals surface area (Å²) in [6, 6.07) is 0. The number of nitrogen functional groups attached to an aromatic ring is 1. The lowest BCUT2D eigenvalue weighted by Gasteiger charge is -2.17. The monoisotopic (exact) mass is 549 g/mol. The molecule has 0 aromatic carbocycles. The lowest BCUT2D eigenvalue weighted by Crippen LogP contribution is -2.38. The van der Waals surface area contributed by atoms with Crippen LogP contribution in [0, 0.1) is 24.2 Å². The topological polar surface area (TPSA) is 256 Å². The number of terminal acetylenes is 1. The fourth-order valence-electron chi connectivity index (χ4n) is 3.89. The van der Waals surface area contributed by atoms with E-state index in [0.717, 1.165) is 15.3 Å². The van der Waals surface area contributed by atoms with Crippen LogP contribution in [0.2, 0.25) is 0 Å². The van der Waals surface area contributed by atoms with Gasteiger partial charge in [0, 0.05) is 12.4 Å². The summed E-state index contributed by atoms with van der Waals surface area (Å²) < 4.78 is 12.3. The fourth-order valence-corrected chi connectivity index (χ4v) is 3.89. The third-order valence-corrected chi connectivity index (χ3v) is 5.95. The molecule has 2 fully saturated rings. The number of hydrogen-bond acceptors (Lipinski definition) is 13. The lowest BCUT2D eigenvalue weighted by atomic mass is 10.1. The van der Waals surface area contributed by atoms with Gasteiger partial charge in [0.1, 0.15) is 48.0 Å². The first-order chi connectivity index (χ1) is 18.5. The summed E-state index contributed by atoms with van der Waals surface area (Å²) in [6.45, 7) is 0.531. The van der Waals surface area contributed by atoms with Crippen LogP contribution in [-0.2, 0) is 9.47 Å². The first-order valence-electron chi connectivity index (χ1n) is 11.4. The number of hydrogen-bond donors (Lipinski definition) is 8. The zero-order valence-corrected chi connectivity index (χ0v) is 20.4. The number of aliphatic hydroxyl groups is 6. The van der Waals surface area contributed by atoms with E-state index in [9.17, 15) is 34.8 Å². The second-order valence-corrected chi connectivity index (χ2v) is 8.42. The minimum atomic E-state index is -1.40. The maximum Gasteiger partial charge on any atom is 0.351 e. The summed E-state index contributed by atoms with van der Waals surface area (Å²) in [6.07, 6.45) is -2.24. The van der Waals surface area contributed by atoms with Gasteiger partial charge in [-0.2, -0.15) is 4.98 Å². The van der Waals surface area contributed by atoms with Gasteiger partial charge in [-0.25, -0.2) is 9.59 Å². The van der Waals surface area contributed by atoms with Crippen molar-refractivity contribution in [1.82, 2.24) is 19.1 Å². The highest BCUT2D eigenvalue weighted by molar-refractivity contribution is 5.47. The molecule has 2 saturated heterocycles. The number of nitrogens with two attached hydrogens (primary N) is 1. The minimum Gasteiger partial charge on any atom is -0.394 e. The standard InChI is InChI=1S/C12H14N2O6.C11H13N3O5/c1-2-3-6-4-14(12(19)13-10(6)18)11-9(17)8(16)7(5-15)20-11;1-2-5-3-14(11(18)13-9(5)12)10-8(17)7(16)6(4-15)19-10/h4,7-9,11,15-17H,5H2,1H3,(H,13,18,19);1,3,6-8,10,15-17H,4H2,(H2,12,13,18)/t7-,8-,9+,11-;6-,7-,8+,10-/m11/s1. The molecule has 2 aliphatic heterocycles. The Bertz CT molecular complexity index is 1470.